The molecule has 108 valence electrons. The van der Waals surface area contributed by atoms with E-state index in [4.69, 9.17) is 0 Å². The van der Waals surface area contributed by atoms with E-state index in [-0.39, 0.29) is 5.91 Å². The maximum absolute atomic E-state index is 12.4. The predicted octanol–water partition coefficient (Wildman–Crippen LogP) is 3.35. The number of benzene rings is 1. The zero-order valence-corrected chi connectivity index (χ0v) is 12.4. The summed E-state index contributed by atoms with van der Waals surface area (Å²) in [5.74, 6) is 1.68. The average molecular weight is 272 g/mol. The second kappa shape index (κ2) is 5.47. The molecule has 3 rings (SSSR count). The van der Waals surface area contributed by atoms with Crippen LogP contribution in [0.15, 0.2) is 18.2 Å². The molecule has 3 atom stereocenters. The first kappa shape index (κ1) is 13.5. The van der Waals surface area contributed by atoms with Crippen LogP contribution in [-0.2, 0) is 0 Å². The Bertz CT molecular complexity index is 512. The highest BCUT2D eigenvalue weighted by atomic mass is 16.1. The molecule has 3 heteroatoms. The number of fused-ring (bicyclic) bond motifs is 2. The molecule has 0 aromatic heterocycles. The first-order valence-corrected chi connectivity index (χ1v) is 7.82. The summed E-state index contributed by atoms with van der Waals surface area (Å²) in [7, 11) is 0. The van der Waals surface area contributed by atoms with Gasteiger partial charge in [-0.1, -0.05) is 6.42 Å². The lowest BCUT2D eigenvalue weighted by Crippen LogP contribution is -2.38. The van der Waals surface area contributed by atoms with Gasteiger partial charge in [0, 0.05) is 23.8 Å². The van der Waals surface area contributed by atoms with Crippen LogP contribution >= 0.6 is 0 Å². The molecule has 2 fully saturated rings. The molecule has 2 bridgehead atoms. The summed E-state index contributed by atoms with van der Waals surface area (Å²) in [5, 5.41) is 6.55. The van der Waals surface area contributed by atoms with E-state index in [9.17, 15) is 4.79 Å². The Kier molecular flexibility index (Phi) is 3.68. The van der Waals surface area contributed by atoms with Crippen molar-refractivity contribution >= 4 is 11.6 Å². The number of anilines is 1. The summed E-state index contributed by atoms with van der Waals surface area (Å²) >= 11 is 0. The molecule has 2 aliphatic rings. The largest absolute Gasteiger partial charge is 0.385 e. The van der Waals surface area contributed by atoms with Gasteiger partial charge in [-0.05, 0) is 68.7 Å². The Morgan fingerprint density at radius 2 is 2.15 bits per heavy atom. The van der Waals surface area contributed by atoms with Gasteiger partial charge in [-0.3, -0.25) is 4.79 Å². The van der Waals surface area contributed by atoms with Crippen molar-refractivity contribution in [1.29, 1.82) is 0 Å². The molecule has 3 unspecified atom stereocenters. The van der Waals surface area contributed by atoms with Crippen LogP contribution in [0.1, 0.15) is 48.5 Å². The van der Waals surface area contributed by atoms with E-state index >= 15 is 0 Å². The standard InChI is InChI=1S/C17H24N2O/c1-3-18-15-7-6-14(8-11(15)2)17(20)19-16-10-12-4-5-13(16)9-12/h6-8,12-13,16,18H,3-5,9-10H2,1-2H3,(H,19,20). The minimum atomic E-state index is 0.0914. The van der Waals surface area contributed by atoms with Gasteiger partial charge in [0.05, 0.1) is 0 Å². The molecular weight excluding hydrogens is 248 g/mol. The summed E-state index contributed by atoms with van der Waals surface area (Å²) in [4.78, 5) is 12.4. The number of amides is 1. The fraction of sp³-hybridized carbons (Fsp3) is 0.588. The summed E-state index contributed by atoms with van der Waals surface area (Å²) in [5.41, 5.74) is 3.03. The molecule has 1 aromatic rings. The molecule has 20 heavy (non-hydrogen) atoms. The lowest BCUT2D eigenvalue weighted by atomic mass is 9.95. The third kappa shape index (κ3) is 2.54. The summed E-state index contributed by atoms with van der Waals surface area (Å²) < 4.78 is 0. The fourth-order valence-electron chi connectivity index (χ4n) is 3.87. The van der Waals surface area contributed by atoms with Crippen LogP contribution in [0.5, 0.6) is 0 Å². The molecule has 2 saturated carbocycles. The van der Waals surface area contributed by atoms with Crippen molar-refractivity contribution in [2.24, 2.45) is 11.8 Å². The number of rotatable bonds is 4. The van der Waals surface area contributed by atoms with Crippen LogP contribution in [0.25, 0.3) is 0 Å². The first-order valence-electron chi connectivity index (χ1n) is 7.82. The highest BCUT2D eigenvalue weighted by Crippen LogP contribution is 2.44. The summed E-state index contributed by atoms with van der Waals surface area (Å²) in [6, 6.07) is 6.33. The minimum Gasteiger partial charge on any atom is -0.385 e. The van der Waals surface area contributed by atoms with Crippen molar-refractivity contribution in [3.63, 3.8) is 0 Å². The predicted molar refractivity (Wildman–Crippen MR) is 82.0 cm³/mol. The SMILES string of the molecule is CCNc1ccc(C(=O)NC2CC3CCC2C3)cc1C. The van der Waals surface area contributed by atoms with Crippen LogP contribution in [0.3, 0.4) is 0 Å². The topological polar surface area (TPSA) is 41.1 Å². The Balaban J connectivity index is 1.66. The van der Waals surface area contributed by atoms with Crippen LogP contribution in [0.4, 0.5) is 5.69 Å². The molecule has 0 aliphatic heterocycles. The number of hydrogen-bond donors (Lipinski definition) is 2. The Labute approximate surface area is 121 Å². The Morgan fingerprint density at radius 3 is 2.75 bits per heavy atom. The number of nitrogens with one attached hydrogen (secondary N) is 2. The highest BCUT2D eigenvalue weighted by molar-refractivity contribution is 5.95. The van der Waals surface area contributed by atoms with Crippen LogP contribution in [0.2, 0.25) is 0 Å². The lowest BCUT2D eigenvalue weighted by Gasteiger charge is -2.23. The summed E-state index contributed by atoms with van der Waals surface area (Å²) in [6.07, 6.45) is 5.18. The molecule has 0 radical (unpaired) electrons. The fourth-order valence-corrected chi connectivity index (χ4v) is 3.87. The third-order valence-electron chi connectivity index (χ3n) is 4.91. The lowest BCUT2D eigenvalue weighted by molar-refractivity contribution is 0.0923. The van der Waals surface area contributed by atoms with Crippen LogP contribution in [-0.4, -0.2) is 18.5 Å². The average Bonchev–Trinajstić information content (AvgIpc) is 3.03. The monoisotopic (exact) mass is 272 g/mol. The second-order valence-electron chi connectivity index (χ2n) is 6.31. The molecule has 0 saturated heterocycles. The second-order valence-corrected chi connectivity index (χ2v) is 6.31. The molecule has 2 N–H and O–H groups in total. The van der Waals surface area contributed by atoms with Gasteiger partial charge in [0.15, 0.2) is 0 Å². The molecule has 1 aromatic carbocycles. The molecule has 0 heterocycles. The van der Waals surface area contributed by atoms with Gasteiger partial charge in [0.25, 0.3) is 5.91 Å². The maximum Gasteiger partial charge on any atom is 0.251 e. The Hall–Kier alpha value is -1.51. The van der Waals surface area contributed by atoms with E-state index in [0.717, 1.165) is 35.2 Å². The normalized spacial score (nSPS) is 27.6. The van der Waals surface area contributed by atoms with Gasteiger partial charge >= 0.3 is 0 Å². The first-order chi connectivity index (χ1) is 9.67. The van der Waals surface area contributed by atoms with Gasteiger partial charge in [0.1, 0.15) is 0 Å². The van der Waals surface area contributed by atoms with Crippen molar-refractivity contribution in [3.8, 4) is 0 Å². The Morgan fingerprint density at radius 1 is 1.30 bits per heavy atom. The van der Waals surface area contributed by atoms with Gasteiger partial charge in [-0.25, -0.2) is 0 Å². The van der Waals surface area contributed by atoms with Gasteiger partial charge in [-0.15, -0.1) is 0 Å². The van der Waals surface area contributed by atoms with E-state index in [1.54, 1.807) is 0 Å². The smallest absolute Gasteiger partial charge is 0.251 e. The maximum atomic E-state index is 12.4. The number of carbonyl (C=O) groups excluding carboxylic acids is 1. The number of carbonyl (C=O) groups is 1. The van der Waals surface area contributed by atoms with Crippen molar-refractivity contribution in [3.05, 3.63) is 29.3 Å². The van der Waals surface area contributed by atoms with Crippen molar-refractivity contribution < 1.29 is 4.79 Å². The van der Waals surface area contributed by atoms with Crippen molar-refractivity contribution in [2.45, 2.75) is 45.6 Å². The van der Waals surface area contributed by atoms with Crippen LogP contribution in [0, 0.1) is 18.8 Å². The van der Waals surface area contributed by atoms with E-state index in [2.05, 4.69) is 17.6 Å². The molecule has 0 spiro atoms. The van der Waals surface area contributed by atoms with Crippen molar-refractivity contribution in [2.75, 3.05) is 11.9 Å². The van der Waals surface area contributed by atoms with E-state index in [0.29, 0.717) is 6.04 Å². The quantitative estimate of drug-likeness (QED) is 0.882. The molecule has 2 aliphatic carbocycles. The molecule has 1 amide bonds. The number of hydrogen-bond acceptors (Lipinski definition) is 2. The minimum absolute atomic E-state index is 0.0914. The van der Waals surface area contributed by atoms with Gasteiger partial charge < -0.3 is 10.6 Å². The zero-order valence-electron chi connectivity index (χ0n) is 12.4. The van der Waals surface area contributed by atoms with E-state index in [1.807, 2.05) is 25.1 Å². The number of aryl methyl sites for hydroxylation is 1. The van der Waals surface area contributed by atoms with E-state index < -0.39 is 0 Å². The molecule has 3 nitrogen and oxygen atoms in total. The van der Waals surface area contributed by atoms with Gasteiger partial charge in [0.2, 0.25) is 0 Å². The van der Waals surface area contributed by atoms with Gasteiger partial charge in [-0.2, -0.15) is 0 Å². The summed E-state index contributed by atoms with van der Waals surface area (Å²) in [6.45, 7) is 5.03. The van der Waals surface area contributed by atoms with Crippen molar-refractivity contribution in [1.82, 2.24) is 5.32 Å². The third-order valence-corrected chi connectivity index (χ3v) is 4.91. The zero-order chi connectivity index (χ0) is 14.1. The van der Waals surface area contributed by atoms with E-state index in [1.165, 1.54) is 25.7 Å². The molecular formula is C17H24N2O. The van der Waals surface area contributed by atoms with Crippen LogP contribution < -0.4 is 10.6 Å². The highest BCUT2D eigenvalue weighted by Gasteiger charge is 2.40.